The van der Waals surface area contributed by atoms with Gasteiger partial charge in [0.2, 0.25) is 5.88 Å². The SMILES string of the molecule is CN(C)CCNc1ccc(Oc2ccc3c(c2)CCC(c2ccccc2)O3)nc1. The quantitative estimate of drug-likeness (QED) is 0.622. The standard InChI is InChI=1S/C24H27N3O2/c1-27(2)15-14-25-20-9-13-24(26-17-20)28-21-10-12-23-19(16-21)8-11-22(29-23)18-6-4-3-5-7-18/h3-7,9-10,12-13,16-17,22,25H,8,11,14-15H2,1-2H3. The minimum absolute atomic E-state index is 0.115. The van der Waals surface area contributed by atoms with Gasteiger partial charge in [0.05, 0.1) is 11.9 Å². The summed E-state index contributed by atoms with van der Waals surface area (Å²) in [6.07, 6.45) is 3.85. The molecule has 1 aliphatic heterocycles. The molecule has 2 heterocycles. The van der Waals surface area contributed by atoms with E-state index in [1.54, 1.807) is 6.20 Å². The van der Waals surface area contributed by atoms with E-state index in [0.29, 0.717) is 5.88 Å². The number of rotatable bonds is 7. The number of hydrogen-bond acceptors (Lipinski definition) is 5. The fourth-order valence-electron chi connectivity index (χ4n) is 3.42. The molecule has 1 aliphatic rings. The Hall–Kier alpha value is -3.05. The number of nitrogens with zero attached hydrogens (tertiary/aromatic N) is 2. The molecule has 4 rings (SSSR count). The lowest BCUT2D eigenvalue weighted by molar-refractivity contribution is 0.176. The second kappa shape index (κ2) is 8.97. The minimum Gasteiger partial charge on any atom is -0.485 e. The molecule has 1 atom stereocenters. The van der Waals surface area contributed by atoms with Crippen LogP contribution in [0.2, 0.25) is 0 Å². The molecule has 0 saturated carbocycles. The van der Waals surface area contributed by atoms with E-state index >= 15 is 0 Å². The van der Waals surface area contributed by atoms with Crippen molar-refractivity contribution in [2.45, 2.75) is 18.9 Å². The Morgan fingerprint density at radius 1 is 1.10 bits per heavy atom. The van der Waals surface area contributed by atoms with E-state index in [0.717, 1.165) is 43.1 Å². The first-order valence-electron chi connectivity index (χ1n) is 10.0. The molecule has 0 radical (unpaired) electrons. The summed E-state index contributed by atoms with van der Waals surface area (Å²) in [5, 5.41) is 3.35. The summed E-state index contributed by atoms with van der Waals surface area (Å²) in [7, 11) is 4.12. The number of anilines is 1. The molecule has 150 valence electrons. The van der Waals surface area contributed by atoms with Gasteiger partial charge in [-0.25, -0.2) is 4.98 Å². The summed E-state index contributed by atoms with van der Waals surface area (Å²) in [4.78, 5) is 6.54. The predicted octanol–water partition coefficient (Wildman–Crippen LogP) is 4.91. The van der Waals surface area contributed by atoms with E-state index in [1.807, 2.05) is 30.3 Å². The summed E-state index contributed by atoms with van der Waals surface area (Å²) in [5.41, 5.74) is 3.39. The molecule has 29 heavy (non-hydrogen) atoms. The summed E-state index contributed by atoms with van der Waals surface area (Å²) >= 11 is 0. The molecule has 5 heteroatoms. The minimum atomic E-state index is 0.115. The first-order chi connectivity index (χ1) is 14.2. The highest BCUT2D eigenvalue weighted by Crippen LogP contribution is 2.37. The summed E-state index contributed by atoms with van der Waals surface area (Å²) < 4.78 is 12.2. The van der Waals surface area contributed by atoms with Crippen molar-refractivity contribution < 1.29 is 9.47 Å². The van der Waals surface area contributed by atoms with Gasteiger partial charge in [0, 0.05) is 19.2 Å². The lowest BCUT2D eigenvalue weighted by Gasteiger charge is -2.26. The predicted molar refractivity (Wildman–Crippen MR) is 116 cm³/mol. The van der Waals surface area contributed by atoms with Crippen molar-refractivity contribution in [1.29, 1.82) is 0 Å². The van der Waals surface area contributed by atoms with Crippen molar-refractivity contribution in [2.75, 3.05) is 32.5 Å². The second-order valence-corrected chi connectivity index (χ2v) is 7.54. The fourth-order valence-corrected chi connectivity index (χ4v) is 3.42. The molecule has 5 nitrogen and oxygen atoms in total. The van der Waals surface area contributed by atoms with Crippen LogP contribution in [0.15, 0.2) is 66.9 Å². The third-order valence-electron chi connectivity index (χ3n) is 5.00. The van der Waals surface area contributed by atoms with Crippen molar-refractivity contribution in [1.82, 2.24) is 9.88 Å². The molecular formula is C24H27N3O2. The van der Waals surface area contributed by atoms with E-state index in [9.17, 15) is 0 Å². The van der Waals surface area contributed by atoms with Gasteiger partial charge in [-0.15, -0.1) is 0 Å². The van der Waals surface area contributed by atoms with Crippen LogP contribution in [0.25, 0.3) is 0 Å². The molecule has 3 aromatic rings. The first kappa shape index (κ1) is 19.3. The maximum absolute atomic E-state index is 6.21. The monoisotopic (exact) mass is 389 g/mol. The molecular weight excluding hydrogens is 362 g/mol. The average molecular weight is 389 g/mol. The Labute approximate surface area is 172 Å². The van der Waals surface area contributed by atoms with Crippen LogP contribution in [0.3, 0.4) is 0 Å². The highest BCUT2D eigenvalue weighted by Gasteiger charge is 2.21. The lowest BCUT2D eigenvalue weighted by atomic mass is 9.97. The molecule has 0 spiro atoms. The molecule has 0 amide bonds. The number of nitrogens with one attached hydrogen (secondary N) is 1. The Balaban J connectivity index is 1.37. The molecule has 0 fully saturated rings. The van der Waals surface area contributed by atoms with Gasteiger partial charge in [-0.1, -0.05) is 30.3 Å². The highest BCUT2D eigenvalue weighted by atomic mass is 16.5. The maximum Gasteiger partial charge on any atom is 0.219 e. The summed E-state index contributed by atoms with van der Waals surface area (Å²) in [6.45, 7) is 1.85. The molecule has 0 saturated heterocycles. The smallest absolute Gasteiger partial charge is 0.219 e. The summed E-state index contributed by atoms with van der Waals surface area (Å²) in [5.74, 6) is 2.30. The van der Waals surface area contributed by atoms with Crippen LogP contribution in [-0.4, -0.2) is 37.1 Å². The number of hydrogen-bond donors (Lipinski definition) is 1. The van der Waals surface area contributed by atoms with Gasteiger partial charge < -0.3 is 19.7 Å². The van der Waals surface area contributed by atoms with Crippen molar-refractivity contribution in [3.8, 4) is 17.4 Å². The zero-order chi connectivity index (χ0) is 20.1. The Morgan fingerprint density at radius 2 is 1.97 bits per heavy atom. The van der Waals surface area contributed by atoms with Gasteiger partial charge >= 0.3 is 0 Å². The van der Waals surface area contributed by atoms with Crippen molar-refractivity contribution in [2.24, 2.45) is 0 Å². The van der Waals surface area contributed by atoms with Gasteiger partial charge in [-0.3, -0.25) is 0 Å². The zero-order valence-electron chi connectivity index (χ0n) is 17.0. The van der Waals surface area contributed by atoms with Crippen LogP contribution in [-0.2, 0) is 6.42 Å². The number of aryl methyl sites for hydroxylation is 1. The number of pyridine rings is 1. The molecule has 1 aromatic heterocycles. The molecule has 2 aromatic carbocycles. The zero-order valence-corrected chi connectivity index (χ0v) is 17.0. The van der Waals surface area contributed by atoms with Crippen LogP contribution in [0.4, 0.5) is 5.69 Å². The van der Waals surface area contributed by atoms with Gasteiger partial charge in [0.1, 0.15) is 17.6 Å². The van der Waals surface area contributed by atoms with Crippen LogP contribution in [0.1, 0.15) is 23.7 Å². The van der Waals surface area contributed by atoms with Crippen LogP contribution in [0, 0.1) is 0 Å². The third-order valence-corrected chi connectivity index (χ3v) is 5.00. The van der Waals surface area contributed by atoms with Crippen molar-refractivity contribution >= 4 is 5.69 Å². The van der Waals surface area contributed by atoms with Crippen molar-refractivity contribution in [3.63, 3.8) is 0 Å². The topological polar surface area (TPSA) is 46.6 Å². The van der Waals surface area contributed by atoms with Crippen LogP contribution < -0.4 is 14.8 Å². The summed E-state index contributed by atoms with van der Waals surface area (Å²) in [6, 6.07) is 20.3. The number of likely N-dealkylation sites (N-methyl/N-ethyl adjacent to an activating group) is 1. The number of ether oxygens (including phenoxy) is 2. The van der Waals surface area contributed by atoms with E-state index < -0.39 is 0 Å². The van der Waals surface area contributed by atoms with E-state index in [2.05, 4.69) is 59.6 Å². The van der Waals surface area contributed by atoms with Crippen LogP contribution >= 0.6 is 0 Å². The molecule has 1 unspecified atom stereocenters. The normalized spacial score (nSPS) is 15.5. The van der Waals surface area contributed by atoms with E-state index in [1.165, 1.54) is 11.1 Å². The van der Waals surface area contributed by atoms with Crippen LogP contribution in [0.5, 0.6) is 17.4 Å². The van der Waals surface area contributed by atoms with E-state index in [-0.39, 0.29) is 6.10 Å². The number of fused-ring (bicyclic) bond motifs is 1. The Kier molecular flexibility index (Phi) is 5.96. The largest absolute Gasteiger partial charge is 0.485 e. The fraction of sp³-hybridized carbons (Fsp3) is 0.292. The second-order valence-electron chi connectivity index (χ2n) is 7.54. The van der Waals surface area contributed by atoms with Crippen molar-refractivity contribution in [3.05, 3.63) is 78.0 Å². The molecule has 1 N–H and O–H groups in total. The average Bonchev–Trinajstić information content (AvgIpc) is 2.75. The molecule has 0 aliphatic carbocycles. The Morgan fingerprint density at radius 3 is 2.72 bits per heavy atom. The highest BCUT2D eigenvalue weighted by molar-refractivity contribution is 5.45. The number of aromatic nitrogens is 1. The molecule has 0 bridgehead atoms. The number of benzene rings is 2. The van der Waals surface area contributed by atoms with Gasteiger partial charge in [-0.2, -0.15) is 0 Å². The third kappa shape index (κ3) is 5.06. The van der Waals surface area contributed by atoms with Gasteiger partial charge in [0.15, 0.2) is 0 Å². The first-order valence-corrected chi connectivity index (χ1v) is 10.0. The van der Waals surface area contributed by atoms with Gasteiger partial charge in [0.25, 0.3) is 0 Å². The van der Waals surface area contributed by atoms with E-state index in [4.69, 9.17) is 9.47 Å². The Bertz CT molecular complexity index is 927. The maximum atomic E-state index is 6.21. The van der Waals surface area contributed by atoms with Gasteiger partial charge in [-0.05, 0) is 62.3 Å². The lowest BCUT2D eigenvalue weighted by Crippen LogP contribution is -2.20.